The fourth-order valence-electron chi connectivity index (χ4n) is 4.11. The van der Waals surface area contributed by atoms with Crippen LogP contribution in [0.15, 0.2) is 18.2 Å². The second kappa shape index (κ2) is 10.6. The number of ether oxygens (including phenoxy) is 1. The van der Waals surface area contributed by atoms with Crippen molar-refractivity contribution in [3.05, 3.63) is 35.4 Å². The number of hydrogen-bond acceptors (Lipinski definition) is 5. The molecule has 1 aromatic rings. The van der Waals surface area contributed by atoms with Gasteiger partial charge in [-0.25, -0.2) is 17.2 Å². The van der Waals surface area contributed by atoms with Crippen molar-refractivity contribution in [3.63, 3.8) is 0 Å². The summed E-state index contributed by atoms with van der Waals surface area (Å²) in [4.78, 5) is 14.2. The van der Waals surface area contributed by atoms with Gasteiger partial charge in [-0.2, -0.15) is 0 Å². The zero-order valence-corrected chi connectivity index (χ0v) is 17.9. The molecule has 1 saturated heterocycles. The molecule has 9 heteroatoms. The van der Waals surface area contributed by atoms with Gasteiger partial charge in [-0.15, -0.1) is 0 Å². The van der Waals surface area contributed by atoms with Crippen LogP contribution in [-0.4, -0.2) is 62.6 Å². The number of carbonyl (C=O) groups excluding carboxylic acids is 1. The van der Waals surface area contributed by atoms with Crippen molar-refractivity contribution in [2.75, 3.05) is 32.0 Å². The first-order valence-corrected chi connectivity index (χ1v) is 12.3. The zero-order chi connectivity index (χ0) is 21.6. The molecule has 1 aliphatic carbocycles. The molecule has 0 bridgehead atoms. The minimum absolute atomic E-state index is 0.0625. The molecule has 2 aliphatic rings. The molecule has 0 aromatic heterocycles. The van der Waals surface area contributed by atoms with Crippen LogP contribution in [-0.2, 0) is 25.9 Å². The Balaban J connectivity index is 1.36. The smallest absolute Gasteiger partial charge is 0.220 e. The highest BCUT2D eigenvalue weighted by atomic mass is 32.2. The average molecular weight is 445 g/mol. The number of nitrogens with one attached hydrogen (secondary N) is 1. The first kappa shape index (κ1) is 23.1. The van der Waals surface area contributed by atoms with Crippen LogP contribution in [0.5, 0.6) is 0 Å². The van der Waals surface area contributed by atoms with E-state index in [1.165, 1.54) is 6.07 Å². The molecule has 168 valence electrons. The molecule has 1 atom stereocenters. The Labute approximate surface area is 176 Å². The van der Waals surface area contributed by atoms with Crippen LogP contribution in [0.1, 0.15) is 44.1 Å². The van der Waals surface area contributed by atoms with Crippen molar-refractivity contribution in [3.8, 4) is 0 Å². The van der Waals surface area contributed by atoms with Crippen molar-refractivity contribution >= 4 is 15.7 Å². The SMILES string of the molecule is O=C(CCCS(=O)(=O)C1CCCC1)NCC1CN(Cc2ccc(F)c(F)c2)CCO1. The number of rotatable bonds is 9. The monoisotopic (exact) mass is 444 g/mol. The maximum atomic E-state index is 13.4. The van der Waals surface area contributed by atoms with Gasteiger partial charge in [-0.05, 0) is 37.0 Å². The summed E-state index contributed by atoms with van der Waals surface area (Å²) in [6.45, 7) is 2.54. The Morgan fingerprint density at radius 2 is 1.97 bits per heavy atom. The van der Waals surface area contributed by atoms with Crippen LogP contribution >= 0.6 is 0 Å². The standard InChI is InChI=1S/C21H30F2N2O4S/c22-19-8-7-16(12-20(19)23)14-25-9-10-29-17(15-25)13-24-21(26)6-3-11-30(27,28)18-4-1-2-5-18/h7-8,12,17-18H,1-6,9-11,13-15H2,(H,24,26). The van der Waals surface area contributed by atoms with Gasteiger partial charge in [0.25, 0.3) is 0 Å². The van der Waals surface area contributed by atoms with Crippen molar-refractivity contribution in [2.24, 2.45) is 0 Å². The minimum atomic E-state index is -3.10. The lowest BCUT2D eigenvalue weighted by atomic mass is 10.1. The lowest BCUT2D eigenvalue weighted by Crippen LogP contribution is -2.47. The van der Waals surface area contributed by atoms with Crippen molar-refractivity contribution in [1.29, 1.82) is 0 Å². The number of morpholine rings is 1. The van der Waals surface area contributed by atoms with Gasteiger partial charge >= 0.3 is 0 Å². The number of amides is 1. The van der Waals surface area contributed by atoms with E-state index in [0.29, 0.717) is 44.8 Å². The molecule has 0 spiro atoms. The van der Waals surface area contributed by atoms with E-state index in [-0.39, 0.29) is 29.4 Å². The van der Waals surface area contributed by atoms with Gasteiger partial charge in [-0.3, -0.25) is 9.69 Å². The topological polar surface area (TPSA) is 75.7 Å². The van der Waals surface area contributed by atoms with Crippen molar-refractivity contribution in [2.45, 2.75) is 56.4 Å². The van der Waals surface area contributed by atoms with E-state index in [1.807, 2.05) is 0 Å². The number of benzene rings is 1. The molecule has 1 N–H and O–H groups in total. The Kier molecular flexibility index (Phi) is 8.19. The van der Waals surface area contributed by atoms with Crippen molar-refractivity contribution < 1.29 is 26.7 Å². The predicted molar refractivity (Wildman–Crippen MR) is 110 cm³/mol. The quantitative estimate of drug-likeness (QED) is 0.633. The Morgan fingerprint density at radius 3 is 2.70 bits per heavy atom. The van der Waals surface area contributed by atoms with E-state index in [2.05, 4.69) is 10.2 Å². The second-order valence-corrected chi connectivity index (χ2v) is 10.6. The molecule has 1 aliphatic heterocycles. The van der Waals surface area contributed by atoms with E-state index >= 15 is 0 Å². The molecule has 1 saturated carbocycles. The summed E-state index contributed by atoms with van der Waals surface area (Å²) in [5, 5.41) is 2.59. The lowest BCUT2D eigenvalue weighted by Gasteiger charge is -2.33. The van der Waals surface area contributed by atoms with Gasteiger partial charge in [0, 0.05) is 32.6 Å². The molecular formula is C21H30F2N2O4S. The fourth-order valence-corrected chi connectivity index (χ4v) is 6.04. The lowest BCUT2D eigenvalue weighted by molar-refractivity contribution is -0.122. The predicted octanol–water partition coefficient (Wildman–Crippen LogP) is 2.42. The van der Waals surface area contributed by atoms with Gasteiger partial charge in [0.15, 0.2) is 21.5 Å². The number of nitrogens with zero attached hydrogens (tertiary/aromatic N) is 1. The normalized spacial score (nSPS) is 21.1. The summed E-state index contributed by atoms with van der Waals surface area (Å²) in [5.74, 6) is -1.85. The summed E-state index contributed by atoms with van der Waals surface area (Å²) in [5.41, 5.74) is 0.682. The highest BCUT2D eigenvalue weighted by molar-refractivity contribution is 7.92. The first-order chi connectivity index (χ1) is 14.3. The Morgan fingerprint density at radius 1 is 1.20 bits per heavy atom. The molecule has 1 heterocycles. The van der Waals surface area contributed by atoms with Gasteiger partial charge in [-0.1, -0.05) is 18.9 Å². The molecule has 6 nitrogen and oxygen atoms in total. The van der Waals surface area contributed by atoms with Crippen LogP contribution < -0.4 is 5.32 Å². The van der Waals surface area contributed by atoms with Gasteiger partial charge in [0.1, 0.15) is 0 Å². The number of carbonyl (C=O) groups is 1. The first-order valence-electron chi connectivity index (χ1n) is 10.6. The molecule has 1 amide bonds. The Hall–Kier alpha value is -1.58. The van der Waals surface area contributed by atoms with E-state index in [9.17, 15) is 22.0 Å². The third-order valence-electron chi connectivity index (χ3n) is 5.78. The van der Waals surface area contributed by atoms with E-state index in [0.717, 1.165) is 31.7 Å². The summed E-state index contributed by atoms with van der Waals surface area (Å²) in [6.07, 6.45) is 3.74. The van der Waals surface area contributed by atoms with Crippen LogP contribution in [0.3, 0.4) is 0 Å². The molecular weight excluding hydrogens is 414 g/mol. The molecule has 3 rings (SSSR count). The third kappa shape index (κ3) is 6.72. The van der Waals surface area contributed by atoms with Gasteiger partial charge in [0.2, 0.25) is 5.91 Å². The molecule has 2 fully saturated rings. The molecule has 1 aromatic carbocycles. The summed E-state index contributed by atoms with van der Waals surface area (Å²) in [7, 11) is -3.10. The summed E-state index contributed by atoms with van der Waals surface area (Å²) in [6, 6.07) is 3.88. The minimum Gasteiger partial charge on any atom is -0.374 e. The maximum Gasteiger partial charge on any atom is 0.220 e. The summed E-state index contributed by atoms with van der Waals surface area (Å²) >= 11 is 0. The van der Waals surface area contributed by atoms with Crippen LogP contribution in [0.2, 0.25) is 0 Å². The number of sulfone groups is 1. The number of hydrogen-bond donors (Lipinski definition) is 1. The highest BCUT2D eigenvalue weighted by Crippen LogP contribution is 2.25. The number of halogens is 2. The van der Waals surface area contributed by atoms with Gasteiger partial charge < -0.3 is 10.1 Å². The second-order valence-electron chi connectivity index (χ2n) is 8.16. The largest absolute Gasteiger partial charge is 0.374 e. The van der Waals surface area contributed by atoms with Crippen molar-refractivity contribution in [1.82, 2.24) is 10.2 Å². The fraction of sp³-hybridized carbons (Fsp3) is 0.667. The van der Waals surface area contributed by atoms with Crippen LogP contribution in [0.25, 0.3) is 0 Å². The highest BCUT2D eigenvalue weighted by Gasteiger charge is 2.28. The zero-order valence-electron chi connectivity index (χ0n) is 17.1. The van der Waals surface area contributed by atoms with Gasteiger partial charge in [0.05, 0.1) is 23.7 Å². The van der Waals surface area contributed by atoms with E-state index < -0.39 is 21.5 Å². The summed E-state index contributed by atoms with van der Waals surface area (Å²) < 4.78 is 56.6. The van der Waals surface area contributed by atoms with Crippen LogP contribution in [0, 0.1) is 11.6 Å². The van der Waals surface area contributed by atoms with E-state index in [1.54, 1.807) is 6.07 Å². The third-order valence-corrected chi connectivity index (χ3v) is 8.13. The maximum absolute atomic E-state index is 13.4. The average Bonchev–Trinajstić information content (AvgIpc) is 3.25. The molecule has 30 heavy (non-hydrogen) atoms. The van der Waals surface area contributed by atoms with Crippen LogP contribution in [0.4, 0.5) is 8.78 Å². The van der Waals surface area contributed by atoms with E-state index in [4.69, 9.17) is 4.74 Å². The Bertz CT molecular complexity index is 828. The molecule has 1 unspecified atom stereocenters. The molecule has 0 radical (unpaired) electrons.